The van der Waals surface area contributed by atoms with Crippen molar-refractivity contribution < 1.29 is 14.7 Å². The van der Waals surface area contributed by atoms with Gasteiger partial charge in [-0.1, -0.05) is 30.3 Å². The second kappa shape index (κ2) is 3.63. The van der Waals surface area contributed by atoms with Gasteiger partial charge in [0.25, 0.3) is 0 Å². The Bertz CT molecular complexity index is 419. The van der Waals surface area contributed by atoms with Crippen LogP contribution < -0.4 is 0 Å². The number of carbonyl (C=O) groups excluding carboxylic acids is 1. The zero-order valence-corrected chi connectivity index (χ0v) is 9.01. The summed E-state index contributed by atoms with van der Waals surface area (Å²) in [6, 6.07) is 9.32. The summed E-state index contributed by atoms with van der Waals surface area (Å²) >= 11 is 0. The van der Waals surface area contributed by atoms with Crippen LogP contribution in [0.1, 0.15) is 18.4 Å². The zero-order chi connectivity index (χ0) is 11.8. The monoisotopic (exact) mass is 219 g/mol. The molecule has 0 saturated heterocycles. The number of carbonyl (C=O) groups is 2. The lowest BCUT2D eigenvalue weighted by atomic mass is 9.70. The average Bonchev–Trinajstić information content (AvgIpc) is 2.24. The molecule has 16 heavy (non-hydrogen) atoms. The first-order valence-corrected chi connectivity index (χ1v) is 5.10. The Hall–Kier alpha value is -1.84. The largest absolute Gasteiger partial charge is 0.465 e. The fraction of sp³-hybridized carbons (Fsp3) is 0.333. The SMILES string of the molecule is CN(C(=O)O)C1(c2ccccc2)CC(=O)C1. The van der Waals surface area contributed by atoms with E-state index in [1.165, 1.54) is 11.9 Å². The summed E-state index contributed by atoms with van der Waals surface area (Å²) in [6.45, 7) is 0. The molecule has 0 aliphatic heterocycles. The number of hydrogen-bond donors (Lipinski definition) is 1. The van der Waals surface area contributed by atoms with Crippen LogP contribution in [0.25, 0.3) is 0 Å². The molecule has 4 nitrogen and oxygen atoms in total. The predicted molar refractivity (Wildman–Crippen MR) is 58.1 cm³/mol. The molecule has 0 atom stereocenters. The number of hydrogen-bond acceptors (Lipinski definition) is 2. The number of ketones is 1. The maximum atomic E-state index is 11.2. The first-order chi connectivity index (χ1) is 7.56. The molecule has 1 N–H and O–H groups in total. The summed E-state index contributed by atoms with van der Waals surface area (Å²) in [5, 5.41) is 9.04. The highest BCUT2D eigenvalue weighted by Crippen LogP contribution is 2.43. The molecule has 1 saturated carbocycles. The van der Waals surface area contributed by atoms with E-state index in [2.05, 4.69) is 0 Å². The van der Waals surface area contributed by atoms with Crippen molar-refractivity contribution in [2.45, 2.75) is 18.4 Å². The number of amides is 1. The van der Waals surface area contributed by atoms with Crippen LogP contribution in [0.5, 0.6) is 0 Å². The summed E-state index contributed by atoms with van der Waals surface area (Å²) in [4.78, 5) is 23.5. The predicted octanol–water partition coefficient (Wildman–Crippen LogP) is 1.85. The standard InChI is InChI=1S/C12H13NO3/c1-13(11(15)16)12(7-10(14)8-12)9-5-3-2-4-6-9/h2-6H,7-8H2,1H3,(H,15,16). The van der Waals surface area contributed by atoms with Crippen molar-refractivity contribution in [3.63, 3.8) is 0 Å². The number of Topliss-reactive ketones (excluding diaryl/α,β-unsaturated/α-hetero) is 1. The molecule has 1 aliphatic rings. The Morgan fingerprint density at radius 2 is 1.88 bits per heavy atom. The molecule has 2 rings (SSSR count). The minimum absolute atomic E-state index is 0.108. The summed E-state index contributed by atoms with van der Waals surface area (Å²) in [5.74, 6) is 0.108. The van der Waals surface area contributed by atoms with Gasteiger partial charge in [-0.2, -0.15) is 0 Å². The maximum absolute atomic E-state index is 11.2. The van der Waals surface area contributed by atoms with Gasteiger partial charge in [0.15, 0.2) is 0 Å². The first kappa shape index (κ1) is 10.7. The topological polar surface area (TPSA) is 57.6 Å². The van der Waals surface area contributed by atoms with E-state index in [0.717, 1.165) is 5.56 Å². The summed E-state index contributed by atoms with van der Waals surface area (Å²) in [7, 11) is 1.52. The van der Waals surface area contributed by atoms with Crippen LogP contribution in [0.4, 0.5) is 4.79 Å². The first-order valence-electron chi connectivity index (χ1n) is 5.10. The van der Waals surface area contributed by atoms with Gasteiger partial charge < -0.3 is 10.0 Å². The third-order valence-electron chi connectivity index (χ3n) is 3.22. The van der Waals surface area contributed by atoms with Crippen LogP contribution in [-0.2, 0) is 10.3 Å². The van der Waals surface area contributed by atoms with Gasteiger partial charge in [0.05, 0.1) is 5.54 Å². The zero-order valence-electron chi connectivity index (χ0n) is 9.01. The molecule has 0 aromatic heterocycles. The van der Waals surface area contributed by atoms with E-state index >= 15 is 0 Å². The summed E-state index contributed by atoms with van der Waals surface area (Å²) in [5.41, 5.74) is 0.240. The fourth-order valence-electron chi connectivity index (χ4n) is 2.17. The van der Waals surface area contributed by atoms with Crippen molar-refractivity contribution in [1.29, 1.82) is 0 Å². The molecule has 1 aromatic carbocycles. The van der Waals surface area contributed by atoms with Crippen molar-refractivity contribution in [2.24, 2.45) is 0 Å². The third kappa shape index (κ3) is 1.46. The normalized spacial score (nSPS) is 17.7. The molecule has 4 heteroatoms. The van der Waals surface area contributed by atoms with Gasteiger partial charge in [0.2, 0.25) is 0 Å². The second-order valence-corrected chi connectivity index (χ2v) is 4.13. The number of carboxylic acid groups (broad SMARTS) is 1. The van der Waals surface area contributed by atoms with E-state index < -0.39 is 11.6 Å². The van der Waals surface area contributed by atoms with Gasteiger partial charge in [-0.25, -0.2) is 4.79 Å². The van der Waals surface area contributed by atoms with Crippen molar-refractivity contribution in [1.82, 2.24) is 4.90 Å². The van der Waals surface area contributed by atoms with Gasteiger partial charge in [-0.3, -0.25) is 4.79 Å². The molecule has 1 aliphatic carbocycles. The Kier molecular flexibility index (Phi) is 2.42. The van der Waals surface area contributed by atoms with Crippen LogP contribution in [0.3, 0.4) is 0 Å². The van der Waals surface area contributed by atoms with Gasteiger partial charge in [-0.05, 0) is 5.56 Å². The highest BCUT2D eigenvalue weighted by molar-refractivity contribution is 5.89. The minimum atomic E-state index is -1.00. The Morgan fingerprint density at radius 1 is 1.31 bits per heavy atom. The van der Waals surface area contributed by atoms with E-state index in [9.17, 15) is 9.59 Å². The Balaban J connectivity index is 2.38. The van der Waals surface area contributed by atoms with Gasteiger partial charge in [-0.15, -0.1) is 0 Å². The second-order valence-electron chi connectivity index (χ2n) is 4.13. The number of benzene rings is 1. The molecular formula is C12H13NO3. The van der Waals surface area contributed by atoms with E-state index in [-0.39, 0.29) is 18.6 Å². The van der Waals surface area contributed by atoms with Crippen LogP contribution >= 0.6 is 0 Å². The van der Waals surface area contributed by atoms with Crippen LogP contribution in [0.15, 0.2) is 30.3 Å². The maximum Gasteiger partial charge on any atom is 0.407 e. The molecule has 0 bridgehead atoms. The molecule has 0 spiro atoms. The van der Waals surface area contributed by atoms with Gasteiger partial charge in [0.1, 0.15) is 5.78 Å². The smallest absolute Gasteiger partial charge is 0.407 e. The molecule has 1 aromatic rings. The van der Waals surface area contributed by atoms with Gasteiger partial charge >= 0.3 is 6.09 Å². The lowest BCUT2D eigenvalue weighted by Gasteiger charge is -2.46. The van der Waals surface area contributed by atoms with Crippen molar-refractivity contribution in [2.75, 3.05) is 7.05 Å². The minimum Gasteiger partial charge on any atom is -0.465 e. The molecule has 0 radical (unpaired) electrons. The number of rotatable bonds is 2. The Labute approximate surface area is 93.5 Å². The van der Waals surface area contributed by atoms with Crippen LogP contribution in [0, 0.1) is 0 Å². The summed E-state index contributed by atoms with van der Waals surface area (Å²) < 4.78 is 0. The van der Waals surface area contributed by atoms with Crippen molar-refractivity contribution >= 4 is 11.9 Å². The molecule has 0 heterocycles. The average molecular weight is 219 g/mol. The lowest BCUT2D eigenvalue weighted by Crippen LogP contribution is -2.55. The van der Waals surface area contributed by atoms with E-state index in [1.54, 1.807) is 0 Å². The van der Waals surface area contributed by atoms with Crippen LogP contribution in [0.2, 0.25) is 0 Å². The highest BCUT2D eigenvalue weighted by Gasteiger charge is 2.49. The van der Waals surface area contributed by atoms with Crippen molar-refractivity contribution in [3.05, 3.63) is 35.9 Å². The van der Waals surface area contributed by atoms with E-state index in [4.69, 9.17) is 5.11 Å². The molecule has 1 amide bonds. The highest BCUT2D eigenvalue weighted by atomic mass is 16.4. The molecule has 84 valence electrons. The Morgan fingerprint density at radius 3 is 2.31 bits per heavy atom. The lowest BCUT2D eigenvalue weighted by molar-refractivity contribution is -0.134. The molecule has 1 fully saturated rings. The quantitative estimate of drug-likeness (QED) is 0.825. The summed E-state index contributed by atoms with van der Waals surface area (Å²) in [6.07, 6.45) is -0.448. The van der Waals surface area contributed by atoms with E-state index in [0.29, 0.717) is 0 Å². The van der Waals surface area contributed by atoms with Gasteiger partial charge in [0, 0.05) is 19.9 Å². The molecular weight excluding hydrogens is 206 g/mol. The van der Waals surface area contributed by atoms with Crippen LogP contribution in [-0.4, -0.2) is 28.9 Å². The fourth-order valence-corrected chi connectivity index (χ4v) is 2.17. The number of nitrogens with zero attached hydrogens (tertiary/aromatic N) is 1. The third-order valence-corrected chi connectivity index (χ3v) is 3.22. The van der Waals surface area contributed by atoms with Crippen molar-refractivity contribution in [3.8, 4) is 0 Å². The molecule has 0 unspecified atom stereocenters. The van der Waals surface area contributed by atoms with E-state index in [1.807, 2.05) is 30.3 Å².